The molecule has 0 fully saturated rings. The summed E-state index contributed by atoms with van der Waals surface area (Å²) < 4.78 is 16.4. The van der Waals surface area contributed by atoms with Gasteiger partial charge >= 0.3 is 0 Å². The number of benzene rings is 2. The van der Waals surface area contributed by atoms with E-state index in [1.54, 1.807) is 21.3 Å². The molecule has 5 heteroatoms. The fraction of sp³-hybridized carbons (Fsp3) is 0.350. The van der Waals surface area contributed by atoms with Crippen LogP contribution >= 0.6 is 0 Å². The van der Waals surface area contributed by atoms with Crippen LogP contribution in [0.5, 0.6) is 17.2 Å². The van der Waals surface area contributed by atoms with Crippen molar-refractivity contribution in [2.24, 2.45) is 0 Å². The Morgan fingerprint density at radius 3 is 2.32 bits per heavy atom. The standard InChI is InChI=1S/C20H23NO4/c1-5-21-16-9-7-6-8-14(16)15(20(21)22)12-13-10-11-17(23-2)19(25-4)18(13)24-3/h6-11,15H,5,12H2,1-4H3. The van der Waals surface area contributed by atoms with Crippen molar-refractivity contribution in [3.8, 4) is 17.2 Å². The number of amides is 1. The number of fused-ring (bicyclic) bond motifs is 1. The zero-order chi connectivity index (χ0) is 18.0. The predicted molar refractivity (Wildman–Crippen MR) is 97.0 cm³/mol. The fourth-order valence-electron chi connectivity index (χ4n) is 3.54. The Kier molecular flexibility index (Phi) is 4.83. The zero-order valence-corrected chi connectivity index (χ0v) is 15.0. The van der Waals surface area contributed by atoms with E-state index in [1.807, 2.05) is 48.2 Å². The smallest absolute Gasteiger partial charge is 0.234 e. The molecule has 0 aromatic heterocycles. The molecule has 0 bridgehead atoms. The molecule has 132 valence electrons. The molecular weight excluding hydrogens is 318 g/mol. The van der Waals surface area contributed by atoms with Crippen LogP contribution < -0.4 is 19.1 Å². The molecule has 1 unspecified atom stereocenters. The van der Waals surface area contributed by atoms with E-state index in [4.69, 9.17) is 14.2 Å². The second kappa shape index (κ2) is 7.05. The molecule has 25 heavy (non-hydrogen) atoms. The van der Waals surface area contributed by atoms with Crippen LogP contribution in [-0.4, -0.2) is 33.8 Å². The highest BCUT2D eigenvalue weighted by molar-refractivity contribution is 6.05. The Morgan fingerprint density at radius 1 is 0.960 bits per heavy atom. The Bertz CT molecular complexity index is 787. The van der Waals surface area contributed by atoms with Crippen LogP contribution in [0, 0.1) is 0 Å². The van der Waals surface area contributed by atoms with Gasteiger partial charge in [0.2, 0.25) is 11.7 Å². The molecule has 0 radical (unpaired) electrons. The Balaban J connectivity index is 2.02. The summed E-state index contributed by atoms with van der Waals surface area (Å²) in [7, 11) is 4.77. The molecular formula is C20H23NO4. The third-order valence-corrected chi connectivity index (χ3v) is 4.69. The Morgan fingerprint density at radius 2 is 1.68 bits per heavy atom. The second-order valence-corrected chi connectivity index (χ2v) is 5.89. The molecule has 3 rings (SSSR count). The van der Waals surface area contributed by atoms with Gasteiger partial charge in [-0.25, -0.2) is 0 Å². The molecule has 1 aliphatic heterocycles. The monoisotopic (exact) mass is 341 g/mol. The number of rotatable bonds is 6. The van der Waals surface area contributed by atoms with Crippen LogP contribution in [0.3, 0.4) is 0 Å². The molecule has 2 aromatic rings. The molecule has 1 atom stereocenters. The molecule has 0 saturated carbocycles. The van der Waals surface area contributed by atoms with Gasteiger partial charge in [-0.15, -0.1) is 0 Å². The number of ether oxygens (including phenoxy) is 3. The van der Waals surface area contributed by atoms with E-state index in [9.17, 15) is 4.79 Å². The number of likely N-dealkylation sites (N-methyl/N-ethyl adjacent to an activating group) is 1. The van der Waals surface area contributed by atoms with E-state index in [1.165, 1.54) is 0 Å². The molecule has 0 aliphatic carbocycles. The number of hydrogen-bond acceptors (Lipinski definition) is 4. The highest BCUT2D eigenvalue weighted by Gasteiger charge is 2.36. The first-order chi connectivity index (χ1) is 12.2. The lowest BCUT2D eigenvalue weighted by molar-refractivity contribution is -0.119. The maximum absolute atomic E-state index is 12.9. The number of hydrogen-bond donors (Lipinski definition) is 0. The van der Waals surface area contributed by atoms with Gasteiger partial charge in [-0.1, -0.05) is 24.3 Å². The number of para-hydroxylation sites is 1. The third kappa shape index (κ3) is 2.80. The van der Waals surface area contributed by atoms with Gasteiger partial charge in [0, 0.05) is 12.2 Å². The van der Waals surface area contributed by atoms with Crippen molar-refractivity contribution >= 4 is 11.6 Å². The SMILES string of the molecule is CCN1C(=O)C(Cc2ccc(OC)c(OC)c2OC)c2ccccc21. The van der Waals surface area contributed by atoms with E-state index in [0.29, 0.717) is 30.2 Å². The third-order valence-electron chi connectivity index (χ3n) is 4.69. The van der Waals surface area contributed by atoms with Crippen LogP contribution in [0.25, 0.3) is 0 Å². The van der Waals surface area contributed by atoms with Gasteiger partial charge in [0.05, 0.1) is 27.2 Å². The number of anilines is 1. The first-order valence-electron chi connectivity index (χ1n) is 8.34. The Labute approximate surface area is 148 Å². The second-order valence-electron chi connectivity index (χ2n) is 5.89. The fourth-order valence-corrected chi connectivity index (χ4v) is 3.54. The summed E-state index contributed by atoms with van der Waals surface area (Å²) in [6.45, 7) is 2.66. The number of methoxy groups -OCH3 is 3. The summed E-state index contributed by atoms with van der Waals surface area (Å²) >= 11 is 0. The molecule has 0 N–H and O–H groups in total. The van der Waals surface area contributed by atoms with Crippen molar-refractivity contribution in [1.29, 1.82) is 0 Å². The number of carbonyl (C=O) groups is 1. The van der Waals surface area contributed by atoms with Crippen molar-refractivity contribution in [3.63, 3.8) is 0 Å². The molecule has 0 saturated heterocycles. The summed E-state index contributed by atoms with van der Waals surface area (Å²) in [6, 6.07) is 11.8. The van der Waals surface area contributed by atoms with Crippen LogP contribution in [0.2, 0.25) is 0 Å². The van der Waals surface area contributed by atoms with Gasteiger partial charge in [-0.2, -0.15) is 0 Å². The maximum atomic E-state index is 12.9. The first kappa shape index (κ1) is 17.1. The van der Waals surface area contributed by atoms with E-state index in [2.05, 4.69) is 0 Å². The summed E-state index contributed by atoms with van der Waals surface area (Å²) in [4.78, 5) is 14.7. The van der Waals surface area contributed by atoms with Crippen molar-refractivity contribution in [2.45, 2.75) is 19.3 Å². The molecule has 1 heterocycles. The van der Waals surface area contributed by atoms with E-state index < -0.39 is 0 Å². The molecule has 5 nitrogen and oxygen atoms in total. The normalized spacial score (nSPS) is 15.9. The van der Waals surface area contributed by atoms with E-state index >= 15 is 0 Å². The van der Waals surface area contributed by atoms with Gasteiger partial charge in [-0.3, -0.25) is 4.79 Å². The molecule has 2 aromatic carbocycles. The summed E-state index contributed by atoms with van der Waals surface area (Å²) in [5.41, 5.74) is 2.98. The lowest BCUT2D eigenvalue weighted by Gasteiger charge is -2.18. The largest absolute Gasteiger partial charge is 0.493 e. The zero-order valence-electron chi connectivity index (χ0n) is 15.0. The average Bonchev–Trinajstić information content (AvgIpc) is 2.92. The van der Waals surface area contributed by atoms with Crippen LogP contribution in [0.4, 0.5) is 5.69 Å². The van der Waals surface area contributed by atoms with Gasteiger partial charge < -0.3 is 19.1 Å². The minimum absolute atomic E-state index is 0.125. The van der Waals surface area contributed by atoms with Crippen molar-refractivity contribution in [1.82, 2.24) is 0 Å². The van der Waals surface area contributed by atoms with Crippen LogP contribution in [0.15, 0.2) is 36.4 Å². The molecule has 1 aliphatic rings. The predicted octanol–water partition coefficient (Wildman–Crippen LogP) is 3.41. The van der Waals surface area contributed by atoms with Crippen molar-refractivity contribution in [2.75, 3.05) is 32.8 Å². The lowest BCUT2D eigenvalue weighted by Crippen LogP contribution is -2.29. The Hall–Kier alpha value is -2.69. The first-order valence-corrected chi connectivity index (χ1v) is 8.34. The van der Waals surface area contributed by atoms with Gasteiger partial charge in [0.1, 0.15) is 0 Å². The van der Waals surface area contributed by atoms with Crippen molar-refractivity contribution in [3.05, 3.63) is 47.5 Å². The van der Waals surface area contributed by atoms with Crippen LogP contribution in [0.1, 0.15) is 24.0 Å². The minimum Gasteiger partial charge on any atom is -0.493 e. The lowest BCUT2D eigenvalue weighted by atomic mass is 9.92. The quantitative estimate of drug-likeness (QED) is 0.808. The van der Waals surface area contributed by atoms with E-state index in [-0.39, 0.29) is 11.8 Å². The maximum Gasteiger partial charge on any atom is 0.234 e. The summed E-state index contributed by atoms with van der Waals surface area (Å²) in [5.74, 6) is 1.68. The minimum atomic E-state index is -0.219. The van der Waals surface area contributed by atoms with E-state index in [0.717, 1.165) is 16.8 Å². The van der Waals surface area contributed by atoms with Crippen LogP contribution in [-0.2, 0) is 11.2 Å². The highest BCUT2D eigenvalue weighted by atomic mass is 16.5. The van der Waals surface area contributed by atoms with Gasteiger partial charge in [0.25, 0.3) is 0 Å². The molecule has 1 amide bonds. The van der Waals surface area contributed by atoms with Gasteiger partial charge in [-0.05, 0) is 36.6 Å². The topological polar surface area (TPSA) is 48.0 Å². The van der Waals surface area contributed by atoms with Crippen molar-refractivity contribution < 1.29 is 19.0 Å². The molecule has 0 spiro atoms. The highest BCUT2D eigenvalue weighted by Crippen LogP contribution is 2.44. The van der Waals surface area contributed by atoms with Gasteiger partial charge in [0.15, 0.2) is 11.5 Å². The number of nitrogens with zero attached hydrogens (tertiary/aromatic N) is 1. The number of carbonyl (C=O) groups excluding carboxylic acids is 1. The summed E-state index contributed by atoms with van der Waals surface area (Å²) in [6.07, 6.45) is 0.551. The average molecular weight is 341 g/mol. The summed E-state index contributed by atoms with van der Waals surface area (Å²) in [5, 5.41) is 0.